The van der Waals surface area contributed by atoms with E-state index in [9.17, 15) is 0 Å². The molecule has 1 aliphatic rings. The van der Waals surface area contributed by atoms with E-state index in [0.29, 0.717) is 11.6 Å². The summed E-state index contributed by atoms with van der Waals surface area (Å²) in [6.07, 6.45) is 1.85. The second-order valence-electron chi connectivity index (χ2n) is 6.30. The van der Waals surface area contributed by atoms with E-state index < -0.39 is 0 Å². The molecule has 0 amide bonds. The Kier molecular flexibility index (Phi) is 4.14. The normalized spacial score (nSPS) is 20.6. The van der Waals surface area contributed by atoms with Gasteiger partial charge >= 0.3 is 0 Å². The number of methoxy groups -OCH3 is 1. The third kappa shape index (κ3) is 2.57. The first kappa shape index (κ1) is 15.0. The van der Waals surface area contributed by atoms with Gasteiger partial charge in [0.25, 0.3) is 0 Å². The second-order valence-corrected chi connectivity index (χ2v) is 6.30. The number of fused-ring (bicyclic) bond motifs is 1. The summed E-state index contributed by atoms with van der Waals surface area (Å²) in [6.45, 7) is 7.81. The molecule has 1 aromatic rings. The first-order valence-corrected chi connectivity index (χ1v) is 7.26. The standard InChI is InChI=1S/C16H26N2O2/c1-11-10-16(2,3)18(6-5-7-19)14-9-15(20-4)13(17)8-12(11)14/h8-9,11,19H,5-7,10,17H2,1-4H3. The lowest BCUT2D eigenvalue weighted by Crippen LogP contribution is -2.49. The fourth-order valence-electron chi connectivity index (χ4n) is 3.36. The van der Waals surface area contributed by atoms with Crippen LogP contribution in [0.3, 0.4) is 0 Å². The largest absolute Gasteiger partial charge is 0.495 e. The van der Waals surface area contributed by atoms with E-state index in [1.165, 1.54) is 11.3 Å². The molecular formula is C16H26N2O2. The Balaban J connectivity index is 2.50. The van der Waals surface area contributed by atoms with E-state index in [-0.39, 0.29) is 12.1 Å². The van der Waals surface area contributed by atoms with Crippen LogP contribution in [-0.2, 0) is 0 Å². The number of aliphatic hydroxyl groups is 1. The second kappa shape index (κ2) is 5.52. The zero-order valence-electron chi connectivity index (χ0n) is 12.9. The van der Waals surface area contributed by atoms with Gasteiger partial charge in [0, 0.05) is 30.4 Å². The van der Waals surface area contributed by atoms with E-state index in [0.717, 1.165) is 25.1 Å². The van der Waals surface area contributed by atoms with E-state index in [1.807, 2.05) is 12.1 Å². The maximum Gasteiger partial charge on any atom is 0.143 e. The molecule has 0 bridgehead atoms. The van der Waals surface area contributed by atoms with Crippen molar-refractivity contribution in [3.63, 3.8) is 0 Å². The number of ether oxygens (including phenoxy) is 1. The molecule has 4 nitrogen and oxygen atoms in total. The van der Waals surface area contributed by atoms with Gasteiger partial charge in [0.2, 0.25) is 0 Å². The predicted octanol–water partition coefficient (Wildman–Crippen LogP) is 2.75. The Labute approximate surface area is 121 Å². The van der Waals surface area contributed by atoms with E-state index >= 15 is 0 Å². The van der Waals surface area contributed by atoms with Gasteiger partial charge in [-0.2, -0.15) is 0 Å². The summed E-state index contributed by atoms with van der Waals surface area (Å²) in [5.41, 5.74) is 9.28. The van der Waals surface area contributed by atoms with Crippen molar-refractivity contribution in [3.05, 3.63) is 17.7 Å². The number of rotatable bonds is 4. The SMILES string of the molecule is COc1cc2c(cc1N)C(C)CC(C)(C)N2CCCO. The highest BCUT2D eigenvalue weighted by atomic mass is 16.5. The predicted molar refractivity (Wildman–Crippen MR) is 83.6 cm³/mol. The smallest absolute Gasteiger partial charge is 0.143 e. The lowest BCUT2D eigenvalue weighted by molar-refractivity contribution is 0.280. The van der Waals surface area contributed by atoms with Crippen molar-refractivity contribution in [1.82, 2.24) is 0 Å². The lowest BCUT2D eigenvalue weighted by atomic mass is 9.79. The minimum Gasteiger partial charge on any atom is -0.495 e. The van der Waals surface area contributed by atoms with Gasteiger partial charge in [0.15, 0.2) is 0 Å². The van der Waals surface area contributed by atoms with Crippen LogP contribution in [-0.4, -0.2) is 30.9 Å². The average Bonchev–Trinajstić information content (AvgIpc) is 2.38. The van der Waals surface area contributed by atoms with Crippen LogP contribution in [0.2, 0.25) is 0 Å². The van der Waals surface area contributed by atoms with Gasteiger partial charge in [0.1, 0.15) is 5.75 Å². The minimum absolute atomic E-state index is 0.0721. The van der Waals surface area contributed by atoms with Crippen molar-refractivity contribution in [1.29, 1.82) is 0 Å². The Morgan fingerprint density at radius 1 is 1.45 bits per heavy atom. The van der Waals surface area contributed by atoms with Crippen molar-refractivity contribution in [3.8, 4) is 5.75 Å². The van der Waals surface area contributed by atoms with Crippen LogP contribution in [0.25, 0.3) is 0 Å². The summed E-state index contributed by atoms with van der Waals surface area (Å²) in [5.74, 6) is 1.20. The van der Waals surface area contributed by atoms with Gasteiger partial charge in [-0.25, -0.2) is 0 Å². The van der Waals surface area contributed by atoms with Crippen LogP contribution in [0.1, 0.15) is 45.1 Å². The number of nitrogens with two attached hydrogens (primary N) is 1. The molecule has 20 heavy (non-hydrogen) atoms. The molecule has 3 N–H and O–H groups in total. The number of nitrogens with zero attached hydrogens (tertiary/aromatic N) is 1. The van der Waals surface area contributed by atoms with E-state index in [1.54, 1.807) is 7.11 Å². The van der Waals surface area contributed by atoms with Crippen molar-refractivity contribution in [2.24, 2.45) is 0 Å². The fraction of sp³-hybridized carbons (Fsp3) is 0.625. The van der Waals surface area contributed by atoms with Crippen molar-refractivity contribution < 1.29 is 9.84 Å². The summed E-state index contributed by atoms with van der Waals surface area (Å²) < 4.78 is 5.37. The fourth-order valence-corrected chi connectivity index (χ4v) is 3.36. The molecule has 1 atom stereocenters. The molecule has 1 aromatic carbocycles. The summed E-state index contributed by atoms with van der Waals surface area (Å²) in [6, 6.07) is 4.08. The zero-order valence-corrected chi connectivity index (χ0v) is 12.9. The van der Waals surface area contributed by atoms with Crippen LogP contribution >= 0.6 is 0 Å². The van der Waals surface area contributed by atoms with Gasteiger partial charge in [-0.3, -0.25) is 0 Å². The molecule has 0 saturated carbocycles. The average molecular weight is 278 g/mol. The quantitative estimate of drug-likeness (QED) is 0.831. The Morgan fingerprint density at radius 2 is 2.15 bits per heavy atom. The maximum atomic E-state index is 9.14. The van der Waals surface area contributed by atoms with E-state index in [4.69, 9.17) is 15.6 Å². The van der Waals surface area contributed by atoms with Crippen molar-refractivity contribution >= 4 is 11.4 Å². The summed E-state index contributed by atoms with van der Waals surface area (Å²) in [7, 11) is 1.65. The lowest BCUT2D eigenvalue weighted by Gasteiger charge is -2.47. The molecule has 0 fully saturated rings. The van der Waals surface area contributed by atoms with Crippen LogP contribution in [0, 0.1) is 0 Å². The molecule has 112 valence electrons. The summed E-state index contributed by atoms with van der Waals surface area (Å²) in [5, 5.41) is 9.14. The Hall–Kier alpha value is -1.42. The maximum absolute atomic E-state index is 9.14. The molecule has 0 saturated heterocycles. The van der Waals surface area contributed by atoms with Gasteiger partial charge in [-0.1, -0.05) is 6.92 Å². The van der Waals surface area contributed by atoms with Crippen LogP contribution in [0.15, 0.2) is 12.1 Å². The minimum atomic E-state index is 0.0721. The van der Waals surface area contributed by atoms with Gasteiger partial charge < -0.3 is 20.5 Å². The monoisotopic (exact) mass is 278 g/mol. The number of aliphatic hydroxyl groups excluding tert-OH is 1. The first-order valence-electron chi connectivity index (χ1n) is 7.26. The Morgan fingerprint density at radius 3 is 2.75 bits per heavy atom. The van der Waals surface area contributed by atoms with Crippen molar-refractivity contribution in [2.45, 2.75) is 45.1 Å². The Bertz CT molecular complexity index is 486. The molecule has 1 heterocycles. The molecule has 0 aliphatic carbocycles. The highest BCUT2D eigenvalue weighted by molar-refractivity contribution is 5.70. The summed E-state index contributed by atoms with van der Waals surface area (Å²) in [4.78, 5) is 2.38. The number of nitrogen functional groups attached to an aromatic ring is 1. The summed E-state index contributed by atoms with van der Waals surface area (Å²) >= 11 is 0. The molecule has 2 rings (SSSR count). The van der Waals surface area contributed by atoms with Crippen LogP contribution < -0.4 is 15.4 Å². The van der Waals surface area contributed by atoms with E-state index in [2.05, 4.69) is 25.7 Å². The van der Waals surface area contributed by atoms with Crippen LogP contribution in [0.5, 0.6) is 5.75 Å². The van der Waals surface area contributed by atoms with Crippen molar-refractivity contribution in [2.75, 3.05) is 30.9 Å². The number of hydrogen-bond acceptors (Lipinski definition) is 4. The number of hydrogen-bond donors (Lipinski definition) is 2. The molecule has 1 unspecified atom stereocenters. The third-order valence-electron chi connectivity index (χ3n) is 4.28. The molecule has 0 aromatic heterocycles. The highest BCUT2D eigenvalue weighted by Crippen LogP contribution is 2.46. The zero-order chi connectivity index (χ0) is 14.9. The first-order chi connectivity index (χ1) is 9.40. The number of benzene rings is 1. The van der Waals surface area contributed by atoms with Gasteiger partial charge in [-0.15, -0.1) is 0 Å². The highest BCUT2D eigenvalue weighted by Gasteiger charge is 2.36. The topological polar surface area (TPSA) is 58.7 Å². The third-order valence-corrected chi connectivity index (χ3v) is 4.28. The molecule has 0 radical (unpaired) electrons. The van der Waals surface area contributed by atoms with Crippen LogP contribution in [0.4, 0.5) is 11.4 Å². The molecule has 4 heteroatoms. The van der Waals surface area contributed by atoms with Gasteiger partial charge in [-0.05, 0) is 44.2 Å². The molecule has 0 spiro atoms. The molecule has 1 aliphatic heterocycles. The van der Waals surface area contributed by atoms with Gasteiger partial charge in [0.05, 0.1) is 12.8 Å². The number of anilines is 2. The molecular weight excluding hydrogens is 252 g/mol.